The van der Waals surface area contributed by atoms with Crippen LogP contribution in [-0.2, 0) is 29.4 Å². The summed E-state index contributed by atoms with van der Waals surface area (Å²) in [5.74, 6) is -2.70. The number of carbonyl (C=O) groups is 1. The van der Waals surface area contributed by atoms with Crippen molar-refractivity contribution in [2.24, 2.45) is 0 Å². The summed E-state index contributed by atoms with van der Waals surface area (Å²) < 4.78 is 69.6. The average Bonchev–Trinajstić information content (AvgIpc) is 3.68. The van der Waals surface area contributed by atoms with E-state index in [4.69, 9.17) is 4.98 Å². The maximum Gasteiger partial charge on any atom is 0.261 e. The fourth-order valence-electron chi connectivity index (χ4n) is 5.34. The number of thiophene rings is 1. The van der Waals surface area contributed by atoms with Crippen molar-refractivity contribution in [3.8, 4) is 10.4 Å². The van der Waals surface area contributed by atoms with Crippen LogP contribution in [0.15, 0.2) is 64.0 Å². The summed E-state index contributed by atoms with van der Waals surface area (Å²) in [7, 11) is -3.80. The number of rotatable bonds is 7. The number of amides is 1. The second-order valence-electron chi connectivity index (χ2n) is 9.96. The highest BCUT2D eigenvalue weighted by Crippen LogP contribution is 2.51. The molecule has 212 valence electrons. The Labute approximate surface area is 247 Å². The molecule has 6 rings (SSSR count). The predicted molar refractivity (Wildman–Crippen MR) is 152 cm³/mol. The lowest BCUT2D eigenvalue weighted by molar-refractivity contribution is 0.0955. The molecule has 2 aromatic heterocycles. The van der Waals surface area contributed by atoms with E-state index in [1.807, 2.05) is 0 Å². The number of benzene rings is 2. The monoisotopic (exact) mass is 661 g/mol. The number of halogens is 4. The van der Waals surface area contributed by atoms with E-state index < -0.39 is 27.6 Å². The van der Waals surface area contributed by atoms with Crippen LogP contribution in [0.2, 0.25) is 0 Å². The van der Waals surface area contributed by atoms with Gasteiger partial charge in [0.1, 0.15) is 10.7 Å². The molecule has 0 unspecified atom stereocenters. The van der Waals surface area contributed by atoms with Crippen molar-refractivity contribution < 1.29 is 26.4 Å². The lowest BCUT2D eigenvalue weighted by Crippen LogP contribution is -2.23. The van der Waals surface area contributed by atoms with Gasteiger partial charge in [-0.2, -0.15) is 4.31 Å². The van der Waals surface area contributed by atoms with Crippen molar-refractivity contribution in [3.63, 3.8) is 0 Å². The number of pyridine rings is 1. The quantitative estimate of drug-likeness (QED) is 0.244. The van der Waals surface area contributed by atoms with E-state index in [1.54, 1.807) is 24.3 Å². The van der Waals surface area contributed by atoms with E-state index in [9.17, 15) is 26.4 Å². The van der Waals surface area contributed by atoms with E-state index in [2.05, 4.69) is 21.2 Å². The molecule has 1 N–H and O–H groups in total. The number of hydrogen-bond acceptors (Lipinski definition) is 5. The maximum atomic E-state index is 13.7. The molecule has 4 heterocycles. The molecule has 0 radical (unpaired) electrons. The van der Waals surface area contributed by atoms with Crippen molar-refractivity contribution >= 4 is 43.2 Å². The van der Waals surface area contributed by atoms with Crippen molar-refractivity contribution in [1.29, 1.82) is 0 Å². The Balaban J connectivity index is 1.34. The van der Waals surface area contributed by atoms with Gasteiger partial charge in [-0.1, -0.05) is 18.2 Å². The van der Waals surface area contributed by atoms with E-state index in [-0.39, 0.29) is 23.3 Å². The third-order valence-corrected chi connectivity index (χ3v) is 11.3. The Morgan fingerprint density at radius 3 is 2.54 bits per heavy atom. The molecule has 2 aliphatic rings. The topological polar surface area (TPSA) is 79.4 Å². The molecule has 6 nitrogen and oxygen atoms in total. The van der Waals surface area contributed by atoms with Gasteiger partial charge in [-0.15, -0.1) is 11.3 Å². The summed E-state index contributed by atoms with van der Waals surface area (Å²) in [6, 6.07) is 12.6. The van der Waals surface area contributed by atoms with Crippen molar-refractivity contribution in [3.05, 3.63) is 104 Å². The van der Waals surface area contributed by atoms with Crippen LogP contribution in [0.3, 0.4) is 0 Å². The number of aryl methyl sites for hydroxylation is 2. The lowest BCUT2D eigenvalue weighted by atomic mass is 10.0. The van der Waals surface area contributed by atoms with Gasteiger partial charge in [0.05, 0.1) is 22.3 Å². The Bertz CT molecular complexity index is 1780. The SMILES string of the molecule is O=C(NCc1ccc(F)c(F)c1)c1ccc(-c2c(Br)c(CCc3ccc(F)cc3)nc3c2S(=O)(=O)N2CCC[C@@H]32)s1. The third kappa shape index (κ3) is 5.22. The highest BCUT2D eigenvalue weighted by molar-refractivity contribution is 9.10. The number of nitrogens with zero attached hydrogens (tertiary/aromatic N) is 2. The van der Waals surface area contributed by atoms with Crippen LogP contribution in [0.1, 0.15) is 51.1 Å². The predicted octanol–water partition coefficient (Wildman–Crippen LogP) is 6.54. The van der Waals surface area contributed by atoms with Crippen LogP contribution in [-0.4, -0.2) is 30.2 Å². The fourth-order valence-corrected chi connectivity index (χ4v) is 9.40. The summed E-state index contributed by atoms with van der Waals surface area (Å²) in [4.78, 5) is 18.9. The van der Waals surface area contributed by atoms with Gasteiger partial charge in [-0.25, -0.2) is 21.6 Å². The van der Waals surface area contributed by atoms with Crippen LogP contribution in [0.4, 0.5) is 13.2 Å². The first-order valence-electron chi connectivity index (χ1n) is 12.9. The first-order valence-corrected chi connectivity index (χ1v) is 16.0. The second kappa shape index (κ2) is 11.0. The van der Waals surface area contributed by atoms with Gasteiger partial charge in [0, 0.05) is 28.0 Å². The summed E-state index contributed by atoms with van der Waals surface area (Å²) in [5.41, 5.74) is 3.01. The van der Waals surface area contributed by atoms with E-state index in [0.717, 1.165) is 35.5 Å². The van der Waals surface area contributed by atoms with Crippen molar-refractivity contribution in [2.45, 2.75) is 43.2 Å². The molecule has 1 atom stereocenters. The average molecular weight is 663 g/mol. The zero-order valence-corrected chi connectivity index (χ0v) is 24.7. The normalized spacial score (nSPS) is 17.4. The fraction of sp³-hybridized carbons (Fsp3) is 0.241. The van der Waals surface area contributed by atoms with Crippen LogP contribution in [0, 0.1) is 17.5 Å². The summed E-state index contributed by atoms with van der Waals surface area (Å²) in [5, 5.41) is 2.70. The van der Waals surface area contributed by atoms with E-state index >= 15 is 0 Å². The standard InChI is InChI=1S/C29H23BrF3N3O3S2/c30-26-21(10-6-16-3-7-18(31)8-4-16)35-27-22-2-1-13-36(22)41(38,39)28(27)25(26)23-11-12-24(40-23)29(37)34-15-17-5-9-19(32)20(33)14-17/h3-5,7-9,11-12,14,22H,1-2,6,10,13,15H2,(H,34,37)/t22-/m0/s1. The first kappa shape index (κ1) is 28.1. The summed E-state index contributed by atoms with van der Waals surface area (Å²) in [6.45, 7) is 0.420. The molecular weight excluding hydrogens is 639 g/mol. The largest absolute Gasteiger partial charge is 0.347 e. The van der Waals surface area contributed by atoms with Crippen molar-refractivity contribution in [1.82, 2.24) is 14.6 Å². The van der Waals surface area contributed by atoms with Gasteiger partial charge in [-0.05, 0) is 89.1 Å². The second-order valence-corrected chi connectivity index (χ2v) is 13.7. The lowest BCUT2D eigenvalue weighted by Gasteiger charge is -2.14. The highest BCUT2D eigenvalue weighted by Gasteiger charge is 2.49. The maximum absolute atomic E-state index is 13.7. The van der Waals surface area contributed by atoms with Gasteiger partial charge in [0.2, 0.25) is 10.0 Å². The molecule has 1 fully saturated rings. The number of nitrogens with one attached hydrogen (secondary N) is 1. The zero-order valence-electron chi connectivity index (χ0n) is 21.5. The number of hydrogen-bond donors (Lipinski definition) is 1. The van der Waals surface area contributed by atoms with Gasteiger partial charge >= 0.3 is 0 Å². The molecule has 41 heavy (non-hydrogen) atoms. The van der Waals surface area contributed by atoms with Gasteiger partial charge in [-0.3, -0.25) is 9.78 Å². The molecule has 0 saturated carbocycles. The number of aromatic nitrogens is 1. The number of sulfonamides is 1. The molecular formula is C29H23BrF3N3O3S2. The Morgan fingerprint density at radius 1 is 1.02 bits per heavy atom. The number of carbonyl (C=O) groups excluding carboxylic acids is 1. The Morgan fingerprint density at radius 2 is 1.78 bits per heavy atom. The van der Waals surface area contributed by atoms with Crippen molar-refractivity contribution in [2.75, 3.05) is 6.54 Å². The van der Waals surface area contributed by atoms with Gasteiger partial charge < -0.3 is 5.32 Å². The van der Waals surface area contributed by atoms with Crippen LogP contribution >= 0.6 is 27.3 Å². The molecule has 0 aliphatic carbocycles. The minimum atomic E-state index is -3.80. The molecule has 12 heteroatoms. The Kier molecular flexibility index (Phi) is 7.52. The van der Waals surface area contributed by atoms with Crippen LogP contribution in [0.25, 0.3) is 10.4 Å². The van der Waals surface area contributed by atoms with E-state index in [0.29, 0.717) is 62.5 Å². The van der Waals surface area contributed by atoms with Gasteiger partial charge in [0.15, 0.2) is 11.6 Å². The zero-order chi connectivity index (χ0) is 28.9. The van der Waals surface area contributed by atoms with Crippen LogP contribution in [0.5, 0.6) is 0 Å². The smallest absolute Gasteiger partial charge is 0.261 e. The molecule has 4 aromatic rings. The Hall–Kier alpha value is -3.06. The molecule has 0 spiro atoms. The minimum absolute atomic E-state index is 0.00380. The first-order chi connectivity index (χ1) is 19.6. The summed E-state index contributed by atoms with van der Waals surface area (Å²) >= 11 is 4.78. The van der Waals surface area contributed by atoms with Crippen LogP contribution < -0.4 is 5.32 Å². The van der Waals surface area contributed by atoms with E-state index in [1.165, 1.54) is 22.5 Å². The number of fused-ring (bicyclic) bond motifs is 3. The highest BCUT2D eigenvalue weighted by atomic mass is 79.9. The minimum Gasteiger partial charge on any atom is -0.347 e. The molecule has 2 aromatic carbocycles. The third-order valence-electron chi connectivity index (χ3n) is 7.35. The molecule has 2 aliphatic heterocycles. The van der Waals surface area contributed by atoms with Gasteiger partial charge in [0.25, 0.3) is 5.91 Å². The molecule has 1 amide bonds. The summed E-state index contributed by atoms with van der Waals surface area (Å²) in [6.07, 6.45) is 2.50. The molecule has 0 bridgehead atoms. The molecule has 1 saturated heterocycles.